The maximum absolute atomic E-state index is 11.6. The molecule has 1 aliphatic carbocycles. The summed E-state index contributed by atoms with van der Waals surface area (Å²) in [5.41, 5.74) is 0. The Labute approximate surface area is 147 Å². The molecule has 1 saturated carbocycles. The Bertz CT molecular complexity index is 738. The minimum atomic E-state index is -0.303. The van der Waals surface area contributed by atoms with Crippen molar-refractivity contribution in [3.05, 3.63) is 28.2 Å². The summed E-state index contributed by atoms with van der Waals surface area (Å²) in [6.45, 7) is 0.500. The Morgan fingerprint density at radius 1 is 1.33 bits per heavy atom. The summed E-state index contributed by atoms with van der Waals surface area (Å²) in [7, 11) is 0. The van der Waals surface area contributed by atoms with E-state index in [1.807, 2.05) is 6.07 Å². The van der Waals surface area contributed by atoms with Gasteiger partial charge in [0.05, 0.1) is 6.54 Å². The number of nitrogens with zero attached hydrogens (tertiary/aromatic N) is 4. The Morgan fingerprint density at radius 2 is 2.21 bits per heavy atom. The lowest BCUT2D eigenvalue weighted by molar-refractivity contribution is -0.124. The van der Waals surface area contributed by atoms with E-state index in [2.05, 4.69) is 31.5 Å². The maximum Gasteiger partial charge on any atom is 0.324 e. The first-order chi connectivity index (χ1) is 11.7. The van der Waals surface area contributed by atoms with Gasteiger partial charge in [-0.25, -0.2) is 4.79 Å². The van der Waals surface area contributed by atoms with E-state index in [1.54, 1.807) is 23.1 Å². The number of nitrogens with one attached hydrogen (secondary N) is 1. The first-order valence-corrected chi connectivity index (χ1v) is 9.76. The van der Waals surface area contributed by atoms with Crippen molar-refractivity contribution in [2.24, 2.45) is 0 Å². The SMILES string of the molecule is O=C1CNC(=O)N1CCSc1nnc(Cc2cccs2)n1C1CC1. The molecule has 2 aliphatic rings. The van der Waals surface area contributed by atoms with Crippen molar-refractivity contribution in [1.29, 1.82) is 0 Å². The largest absolute Gasteiger partial charge is 0.329 e. The molecule has 0 radical (unpaired) electrons. The number of urea groups is 1. The van der Waals surface area contributed by atoms with E-state index in [-0.39, 0.29) is 18.5 Å². The Hall–Kier alpha value is -1.87. The molecule has 126 valence electrons. The fourth-order valence-corrected chi connectivity index (χ4v) is 4.35. The third-order valence-electron chi connectivity index (χ3n) is 4.04. The number of carbonyl (C=O) groups excluding carboxylic acids is 2. The molecule has 4 rings (SSSR count). The number of hydrogen-bond acceptors (Lipinski definition) is 6. The number of aromatic nitrogens is 3. The second-order valence-electron chi connectivity index (χ2n) is 5.81. The van der Waals surface area contributed by atoms with Crippen molar-refractivity contribution in [3.63, 3.8) is 0 Å². The van der Waals surface area contributed by atoms with Gasteiger partial charge >= 0.3 is 6.03 Å². The van der Waals surface area contributed by atoms with Crippen LogP contribution in [-0.2, 0) is 11.2 Å². The van der Waals surface area contributed by atoms with Gasteiger partial charge in [0.15, 0.2) is 5.16 Å². The molecule has 9 heteroatoms. The number of thioether (sulfide) groups is 1. The van der Waals surface area contributed by atoms with Crippen LogP contribution < -0.4 is 5.32 Å². The molecular weight excluding hydrogens is 346 g/mol. The Kier molecular flexibility index (Phi) is 4.28. The van der Waals surface area contributed by atoms with Crippen molar-refractivity contribution in [2.75, 3.05) is 18.8 Å². The van der Waals surface area contributed by atoms with E-state index in [0.29, 0.717) is 18.3 Å². The zero-order valence-electron chi connectivity index (χ0n) is 13.0. The molecule has 1 saturated heterocycles. The first kappa shape index (κ1) is 15.6. The van der Waals surface area contributed by atoms with Gasteiger partial charge < -0.3 is 9.88 Å². The second kappa shape index (κ2) is 6.56. The molecule has 2 aromatic heterocycles. The van der Waals surface area contributed by atoms with Crippen LogP contribution in [0.2, 0.25) is 0 Å². The van der Waals surface area contributed by atoms with E-state index < -0.39 is 0 Å². The van der Waals surface area contributed by atoms with Crippen LogP contribution in [0.15, 0.2) is 22.7 Å². The van der Waals surface area contributed by atoms with Gasteiger partial charge in [-0.15, -0.1) is 21.5 Å². The standard InChI is InChI=1S/C15H17N5O2S2/c21-13-9-16-14(22)19(13)5-7-24-15-18-17-12(20(15)10-3-4-10)8-11-2-1-6-23-11/h1-2,6,10H,3-5,7-9H2,(H,16,22). The molecule has 2 fully saturated rings. The van der Waals surface area contributed by atoms with E-state index in [1.165, 1.54) is 9.78 Å². The molecule has 0 bridgehead atoms. The normalized spacial score (nSPS) is 17.6. The number of thiophene rings is 1. The van der Waals surface area contributed by atoms with Gasteiger partial charge in [-0.3, -0.25) is 9.69 Å². The van der Waals surface area contributed by atoms with Gasteiger partial charge in [-0.2, -0.15) is 0 Å². The van der Waals surface area contributed by atoms with Gasteiger partial charge in [0.25, 0.3) is 0 Å². The maximum atomic E-state index is 11.6. The monoisotopic (exact) mass is 363 g/mol. The summed E-state index contributed by atoms with van der Waals surface area (Å²) < 4.78 is 2.23. The summed E-state index contributed by atoms with van der Waals surface area (Å²) in [5, 5.41) is 14.2. The van der Waals surface area contributed by atoms with Crippen molar-refractivity contribution in [2.45, 2.75) is 30.5 Å². The third kappa shape index (κ3) is 3.18. The Morgan fingerprint density at radius 3 is 2.88 bits per heavy atom. The molecule has 0 spiro atoms. The van der Waals surface area contributed by atoms with E-state index >= 15 is 0 Å². The van der Waals surface area contributed by atoms with Gasteiger partial charge in [0.2, 0.25) is 5.91 Å². The quantitative estimate of drug-likeness (QED) is 0.600. The minimum absolute atomic E-state index is 0.104. The van der Waals surface area contributed by atoms with Crippen LogP contribution in [0.25, 0.3) is 0 Å². The van der Waals surface area contributed by atoms with Crippen LogP contribution >= 0.6 is 23.1 Å². The molecule has 1 aliphatic heterocycles. The predicted molar refractivity (Wildman–Crippen MR) is 91.3 cm³/mol. The first-order valence-electron chi connectivity index (χ1n) is 7.89. The lowest BCUT2D eigenvalue weighted by Gasteiger charge is -2.12. The fraction of sp³-hybridized carbons (Fsp3) is 0.467. The molecule has 0 atom stereocenters. The second-order valence-corrected chi connectivity index (χ2v) is 7.90. The van der Waals surface area contributed by atoms with Crippen LogP contribution in [0.4, 0.5) is 4.79 Å². The van der Waals surface area contributed by atoms with Crippen LogP contribution in [0.1, 0.15) is 29.6 Å². The van der Waals surface area contributed by atoms with Gasteiger partial charge in [-0.05, 0) is 24.3 Å². The number of hydrogen-bond donors (Lipinski definition) is 1. The zero-order valence-corrected chi connectivity index (χ0v) is 14.6. The van der Waals surface area contributed by atoms with Crippen molar-refractivity contribution in [3.8, 4) is 0 Å². The highest BCUT2D eigenvalue weighted by atomic mass is 32.2. The summed E-state index contributed by atoms with van der Waals surface area (Å²) in [4.78, 5) is 25.7. The summed E-state index contributed by atoms with van der Waals surface area (Å²) in [5.74, 6) is 1.46. The Balaban J connectivity index is 1.42. The topological polar surface area (TPSA) is 80.1 Å². The average Bonchev–Trinajstić information content (AvgIpc) is 2.98. The summed E-state index contributed by atoms with van der Waals surface area (Å²) in [6.07, 6.45) is 3.13. The highest BCUT2D eigenvalue weighted by molar-refractivity contribution is 7.99. The van der Waals surface area contributed by atoms with E-state index in [0.717, 1.165) is 30.2 Å². The smallest absolute Gasteiger partial charge is 0.324 e. The highest BCUT2D eigenvalue weighted by Crippen LogP contribution is 2.39. The summed E-state index contributed by atoms with van der Waals surface area (Å²) in [6, 6.07) is 4.35. The van der Waals surface area contributed by atoms with E-state index in [4.69, 9.17) is 0 Å². The number of rotatable bonds is 7. The van der Waals surface area contributed by atoms with Gasteiger partial charge in [0, 0.05) is 29.6 Å². The lowest BCUT2D eigenvalue weighted by atomic mass is 10.3. The van der Waals surface area contributed by atoms with Crippen molar-refractivity contribution in [1.82, 2.24) is 25.0 Å². The van der Waals surface area contributed by atoms with Crippen molar-refractivity contribution < 1.29 is 9.59 Å². The number of amides is 3. The molecule has 3 heterocycles. The lowest BCUT2D eigenvalue weighted by Crippen LogP contribution is -2.32. The van der Waals surface area contributed by atoms with Crippen molar-refractivity contribution >= 4 is 35.0 Å². The molecule has 2 aromatic rings. The molecule has 0 aromatic carbocycles. The number of imide groups is 1. The van der Waals surface area contributed by atoms with Gasteiger partial charge in [-0.1, -0.05) is 17.8 Å². The third-order valence-corrected chi connectivity index (χ3v) is 5.84. The van der Waals surface area contributed by atoms with Crippen LogP contribution in [0.5, 0.6) is 0 Å². The average molecular weight is 363 g/mol. The predicted octanol–water partition coefficient (Wildman–Crippen LogP) is 1.91. The summed E-state index contributed by atoms with van der Waals surface area (Å²) >= 11 is 3.29. The molecule has 0 unspecified atom stereocenters. The molecule has 24 heavy (non-hydrogen) atoms. The minimum Gasteiger partial charge on any atom is -0.329 e. The molecule has 1 N–H and O–H groups in total. The number of carbonyl (C=O) groups is 2. The van der Waals surface area contributed by atoms with Crippen LogP contribution in [0, 0.1) is 0 Å². The van der Waals surface area contributed by atoms with Gasteiger partial charge in [0.1, 0.15) is 5.82 Å². The van der Waals surface area contributed by atoms with Crippen LogP contribution in [-0.4, -0.2) is 50.4 Å². The highest BCUT2D eigenvalue weighted by Gasteiger charge is 2.31. The zero-order chi connectivity index (χ0) is 16.5. The molecule has 3 amide bonds. The molecular formula is C15H17N5O2S2. The fourth-order valence-electron chi connectivity index (χ4n) is 2.70. The van der Waals surface area contributed by atoms with E-state index in [9.17, 15) is 9.59 Å². The van der Waals surface area contributed by atoms with Crippen LogP contribution in [0.3, 0.4) is 0 Å². The molecule has 7 nitrogen and oxygen atoms in total.